The van der Waals surface area contributed by atoms with Crippen molar-refractivity contribution in [1.29, 1.82) is 0 Å². The van der Waals surface area contributed by atoms with E-state index in [2.05, 4.69) is 11.8 Å². The Hall–Kier alpha value is -1.03. The summed E-state index contributed by atoms with van der Waals surface area (Å²) < 4.78 is 11.4. The van der Waals surface area contributed by atoms with Gasteiger partial charge in [-0.15, -0.1) is 0 Å². The van der Waals surface area contributed by atoms with Crippen molar-refractivity contribution < 1.29 is 14.3 Å². The van der Waals surface area contributed by atoms with Crippen LogP contribution in [0.15, 0.2) is 11.8 Å². The first kappa shape index (κ1) is 13.9. The summed E-state index contributed by atoms with van der Waals surface area (Å²) in [7, 11) is 1.70. The van der Waals surface area contributed by atoms with Crippen molar-refractivity contribution in [1.82, 2.24) is 4.90 Å². The number of methoxy groups -OCH3 is 1. The molecule has 3 heterocycles. The predicted molar refractivity (Wildman–Crippen MR) is 76.1 cm³/mol. The Morgan fingerprint density at radius 2 is 2.15 bits per heavy atom. The second kappa shape index (κ2) is 5.40. The van der Waals surface area contributed by atoms with E-state index in [9.17, 15) is 4.79 Å². The third-order valence-electron chi connectivity index (χ3n) is 4.93. The van der Waals surface area contributed by atoms with Gasteiger partial charge in [-0.25, -0.2) is 0 Å². The molecule has 2 bridgehead atoms. The van der Waals surface area contributed by atoms with Gasteiger partial charge in [-0.1, -0.05) is 6.92 Å². The Balaban J connectivity index is 1.91. The van der Waals surface area contributed by atoms with Gasteiger partial charge in [0.15, 0.2) is 0 Å². The van der Waals surface area contributed by atoms with Crippen LogP contribution in [-0.4, -0.2) is 42.7 Å². The highest BCUT2D eigenvalue weighted by Gasteiger charge is 2.58. The normalized spacial score (nSPS) is 40.0. The quantitative estimate of drug-likeness (QED) is 0.547. The van der Waals surface area contributed by atoms with Crippen LogP contribution in [0.3, 0.4) is 0 Å². The third-order valence-corrected chi connectivity index (χ3v) is 4.93. The molecular weight excluding hydrogens is 254 g/mol. The lowest BCUT2D eigenvalue weighted by atomic mass is 9.83. The number of ether oxygens (including phenoxy) is 2. The van der Waals surface area contributed by atoms with E-state index in [0.29, 0.717) is 24.3 Å². The topological polar surface area (TPSA) is 42.1 Å². The summed E-state index contributed by atoms with van der Waals surface area (Å²) in [6.45, 7) is 3.93. The zero-order chi connectivity index (χ0) is 14.2. The van der Waals surface area contributed by atoms with Crippen molar-refractivity contribution in [3.63, 3.8) is 0 Å². The molecule has 3 atom stereocenters. The van der Waals surface area contributed by atoms with E-state index in [1.54, 1.807) is 7.11 Å². The lowest BCUT2D eigenvalue weighted by Crippen LogP contribution is -2.35. The Morgan fingerprint density at radius 3 is 2.95 bits per heavy atom. The molecule has 3 aliphatic heterocycles. The number of carbonyl (C=O) groups is 1. The van der Waals surface area contributed by atoms with Gasteiger partial charge in [0, 0.05) is 19.5 Å². The first-order valence-corrected chi connectivity index (χ1v) is 7.83. The number of epoxide rings is 1. The maximum Gasteiger partial charge on any atom is 0.222 e. The van der Waals surface area contributed by atoms with Crippen LogP contribution in [0.25, 0.3) is 0 Å². The van der Waals surface area contributed by atoms with Crippen molar-refractivity contribution >= 4 is 5.91 Å². The van der Waals surface area contributed by atoms with E-state index >= 15 is 0 Å². The summed E-state index contributed by atoms with van der Waals surface area (Å²) in [6.07, 6.45) is 7.90. The average Bonchev–Trinajstić information content (AvgIpc) is 3.09. The Morgan fingerprint density at radius 1 is 1.35 bits per heavy atom. The van der Waals surface area contributed by atoms with Gasteiger partial charge in [-0.05, 0) is 43.6 Å². The van der Waals surface area contributed by atoms with E-state index in [4.69, 9.17) is 9.47 Å². The summed E-state index contributed by atoms with van der Waals surface area (Å²) in [5, 5.41) is 0. The monoisotopic (exact) mass is 279 g/mol. The summed E-state index contributed by atoms with van der Waals surface area (Å²) >= 11 is 0. The minimum Gasteiger partial charge on any atom is -0.504 e. The van der Waals surface area contributed by atoms with Crippen molar-refractivity contribution in [2.75, 3.05) is 20.2 Å². The lowest BCUT2D eigenvalue weighted by molar-refractivity contribution is -0.132. The predicted octanol–water partition coefficient (Wildman–Crippen LogP) is 2.49. The molecule has 0 N–H and O–H groups in total. The molecule has 1 spiro atoms. The molecule has 112 valence electrons. The SMILES string of the molecule is COC=C1CC(C)CC(=O)N2CCC[C@H]3O[C@]13CCC2. The second-order valence-corrected chi connectivity index (χ2v) is 6.51. The van der Waals surface area contributed by atoms with Gasteiger partial charge in [0.25, 0.3) is 0 Å². The molecule has 4 nitrogen and oxygen atoms in total. The third kappa shape index (κ3) is 2.46. The molecule has 3 fully saturated rings. The number of carbonyl (C=O) groups excluding carboxylic acids is 1. The highest BCUT2D eigenvalue weighted by molar-refractivity contribution is 5.76. The molecule has 1 amide bonds. The number of fused-ring (bicyclic) bond motifs is 3. The van der Waals surface area contributed by atoms with Crippen LogP contribution >= 0.6 is 0 Å². The Bertz CT molecular complexity index is 420. The highest BCUT2D eigenvalue weighted by Crippen LogP contribution is 2.51. The first-order valence-electron chi connectivity index (χ1n) is 7.83. The lowest BCUT2D eigenvalue weighted by Gasteiger charge is -2.27. The van der Waals surface area contributed by atoms with Crippen molar-refractivity contribution in [2.45, 2.75) is 57.2 Å². The molecule has 0 radical (unpaired) electrons. The molecule has 0 aliphatic carbocycles. The molecule has 1 unspecified atom stereocenters. The molecule has 20 heavy (non-hydrogen) atoms. The maximum absolute atomic E-state index is 12.4. The fourth-order valence-corrected chi connectivity index (χ4v) is 3.87. The number of nitrogens with zero attached hydrogens (tertiary/aromatic N) is 1. The molecular formula is C16H25NO3. The van der Waals surface area contributed by atoms with Crippen LogP contribution in [0.4, 0.5) is 0 Å². The standard InChI is InChI=1S/C16H25NO3/c1-12-9-13(11-19-2)16-6-4-8-17(15(18)10-12)7-3-5-14(16)20-16/h11-12,14H,3-10H2,1-2H3/t12?,14-,16-/m1/s1. The fourth-order valence-electron chi connectivity index (χ4n) is 3.87. The summed E-state index contributed by atoms with van der Waals surface area (Å²) in [5.74, 6) is 0.672. The van der Waals surface area contributed by atoms with E-state index in [-0.39, 0.29) is 5.60 Å². The molecule has 3 aliphatic rings. The van der Waals surface area contributed by atoms with Crippen molar-refractivity contribution in [2.24, 2.45) is 5.92 Å². The van der Waals surface area contributed by atoms with Gasteiger partial charge >= 0.3 is 0 Å². The summed E-state index contributed by atoms with van der Waals surface area (Å²) in [4.78, 5) is 14.4. The molecule has 0 aromatic heterocycles. The molecule has 4 heteroatoms. The number of hydrogen-bond acceptors (Lipinski definition) is 3. The second-order valence-electron chi connectivity index (χ2n) is 6.51. The van der Waals surface area contributed by atoms with Gasteiger partial charge in [-0.3, -0.25) is 4.79 Å². The molecule has 0 aromatic rings. The van der Waals surface area contributed by atoms with Crippen LogP contribution in [0.2, 0.25) is 0 Å². The van der Waals surface area contributed by atoms with Crippen LogP contribution in [-0.2, 0) is 14.3 Å². The van der Waals surface area contributed by atoms with E-state index in [1.165, 1.54) is 5.57 Å². The van der Waals surface area contributed by atoms with Gasteiger partial charge in [0.05, 0.1) is 19.5 Å². The molecule has 3 saturated heterocycles. The largest absolute Gasteiger partial charge is 0.504 e. The number of amides is 1. The van der Waals surface area contributed by atoms with Crippen LogP contribution in [0.1, 0.15) is 45.4 Å². The maximum atomic E-state index is 12.4. The minimum absolute atomic E-state index is 0.0827. The molecule has 0 saturated carbocycles. The van der Waals surface area contributed by atoms with Crippen molar-refractivity contribution in [3.05, 3.63) is 11.8 Å². The van der Waals surface area contributed by atoms with Gasteiger partial charge in [0.2, 0.25) is 5.91 Å². The molecule has 0 aromatic carbocycles. The van der Waals surface area contributed by atoms with Gasteiger partial charge in [0.1, 0.15) is 5.60 Å². The summed E-state index contributed by atoms with van der Waals surface area (Å²) in [5.41, 5.74) is 1.18. The van der Waals surface area contributed by atoms with E-state index in [0.717, 1.165) is 45.2 Å². The Kier molecular flexibility index (Phi) is 3.76. The Labute approximate surface area is 121 Å². The first-order chi connectivity index (χ1) is 9.65. The van der Waals surface area contributed by atoms with E-state index in [1.807, 2.05) is 6.26 Å². The van der Waals surface area contributed by atoms with Crippen LogP contribution in [0, 0.1) is 5.92 Å². The number of hydrogen-bond donors (Lipinski definition) is 0. The van der Waals surface area contributed by atoms with Crippen molar-refractivity contribution in [3.8, 4) is 0 Å². The average molecular weight is 279 g/mol. The van der Waals surface area contributed by atoms with E-state index < -0.39 is 0 Å². The minimum atomic E-state index is -0.0827. The van der Waals surface area contributed by atoms with Gasteiger partial charge < -0.3 is 14.4 Å². The smallest absolute Gasteiger partial charge is 0.222 e. The fraction of sp³-hybridized carbons (Fsp3) is 0.812. The van der Waals surface area contributed by atoms with Crippen LogP contribution < -0.4 is 0 Å². The number of rotatable bonds is 1. The van der Waals surface area contributed by atoms with Gasteiger partial charge in [-0.2, -0.15) is 0 Å². The molecule has 3 rings (SSSR count). The zero-order valence-electron chi connectivity index (χ0n) is 12.6. The van der Waals surface area contributed by atoms with Crippen LogP contribution in [0.5, 0.6) is 0 Å². The zero-order valence-corrected chi connectivity index (χ0v) is 12.6. The highest BCUT2D eigenvalue weighted by atomic mass is 16.6. The summed E-state index contributed by atoms with van der Waals surface area (Å²) in [6, 6.07) is 0.